The molecule has 0 spiro atoms. The van der Waals surface area contributed by atoms with Crippen molar-refractivity contribution < 1.29 is 9.90 Å². The fourth-order valence-corrected chi connectivity index (χ4v) is 3.58. The van der Waals surface area contributed by atoms with Gasteiger partial charge in [-0.05, 0) is 38.5 Å². The Morgan fingerprint density at radius 3 is 1.63 bits per heavy atom. The number of unbranched alkanes of at least 4 members (excludes halogenated alkanes) is 14. The van der Waals surface area contributed by atoms with E-state index in [2.05, 4.69) is 19.1 Å². The molecule has 3 N–H and O–H groups in total. The van der Waals surface area contributed by atoms with Gasteiger partial charge in [0.05, 0.1) is 0 Å². The number of nitrogens with two attached hydrogens (primary N) is 1. The molecule has 3 nitrogen and oxygen atoms in total. The van der Waals surface area contributed by atoms with Gasteiger partial charge in [0.25, 0.3) is 0 Å². The number of primary amides is 1. The molecular weight excluding hydrogens is 334 g/mol. The predicted molar refractivity (Wildman–Crippen MR) is 118 cm³/mol. The zero-order valence-electron chi connectivity index (χ0n) is 18.1. The zero-order valence-corrected chi connectivity index (χ0v) is 18.1. The van der Waals surface area contributed by atoms with Gasteiger partial charge >= 0.3 is 0 Å². The maximum Gasteiger partial charge on any atom is 0.220 e. The van der Waals surface area contributed by atoms with Crippen LogP contribution in [0.5, 0.6) is 0 Å². The maximum absolute atomic E-state index is 11.2. The second-order valence-electron chi connectivity index (χ2n) is 8.05. The summed E-state index contributed by atoms with van der Waals surface area (Å²) < 4.78 is 0. The fourth-order valence-electron chi connectivity index (χ4n) is 3.58. The van der Waals surface area contributed by atoms with E-state index in [4.69, 9.17) is 10.8 Å². The molecule has 27 heavy (non-hydrogen) atoms. The van der Waals surface area contributed by atoms with Crippen molar-refractivity contribution in [3.8, 4) is 0 Å². The van der Waals surface area contributed by atoms with Gasteiger partial charge in [-0.3, -0.25) is 4.79 Å². The SMILES string of the molecule is CCCCCCCC/C=C\CCCCCCCCCCC(CCO)C(N)=O. The molecule has 0 fully saturated rings. The third-order valence-electron chi connectivity index (χ3n) is 5.44. The number of carbonyl (C=O) groups excluding carboxylic acids is 1. The minimum Gasteiger partial charge on any atom is -0.396 e. The lowest BCUT2D eigenvalue weighted by molar-refractivity contribution is -0.122. The van der Waals surface area contributed by atoms with Crippen molar-refractivity contribution in [3.63, 3.8) is 0 Å². The summed E-state index contributed by atoms with van der Waals surface area (Å²) in [4.78, 5) is 11.2. The van der Waals surface area contributed by atoms with Crippen LogP contribution in [-0.4, -0.2) is 17.6 Å². The molecule has 0 saturated carbocycles. The van der Waals surface area contributed by atoms with E-state index in [0.29, 0.717) is 6.42 Å². The van der Waals surface area contributed by atoms with Gasteiger partial charge in [-0.25, -0.2) is 0 Å². The molecule has 0 aromatic carbocycles. The predicted octanol–water partition coefficient (Wildman–Crippen LogP) is 6.68. The van der Waals surface area contributed by atoms with Crippen molar-refractivity contribution in [2.24, 2.45) is 11.7 Å². The van der Waals surface area contributed by atoms with Crippen LogP contribution in [0, 0.1) is 5.92 Å². The van der Waals surface area contributed by atoms with Crippen LogP contribution in [-0.2, 0) is 4.79 Å². The molecule has 0 aromatic rings. The molecule has 0 saturated heterocycles. The van der Waals surface area contributed by atoms with Gasteiger partial charge in [0.2, 0.25) is 5.91 Å². The van der Waals surface area contributed by atoms with Crippen molar-refractivity contribution in [2.45, 2.75) is 122 Å². The van der Waals surface area contributed by atoms with Crippen molar-refractivity contribution in [3.05, 3.63) is 12.2 Å². The Balaban J connectivity index is 3.24. The van der Waals surface area contributed by atoms with E-state index in [1.54, 1.807) is 0 Å². The number of amides is 1. The monoisotopic (exact) mass is 381 g/mol. The van der Waals surface area contributed by atoms with Crippen molar-refractivity contribution in [2.75, 3.05) is 6.61 Å². The number of rotatable bonds is 21. The first-order chi connectivity index (χ1) is 13.2. The zero-order chi connectivity index (χ0) is 20.0. The molecule has 160 valence electrons. The first-order valence-corrected chi connectivity index (χ1v) is 11.8. The van der Waals surface area contributed by atoms with Crippen LogP contribution in [0.2, 0.25) is 0 Å². The quantitative estimate of drug-likeness (QED) is 0.172. The summed E-state index contributed by atoms with van der Waals surface area (Å²) >= 11 is 0. The Morgan fingerprint density at radius 2 is 1.19 bits per heavy atom. The molecule has 0 rings (SSSR count). The molecule has 0 radical (unpaired) electrons. The third-order valence-corrected chi connectivity index (χ3v) is 5.44. The highest BCUT2D eigenvalue weighted by atomic mass is 16.3. The average molecular weight is 382 g/mol. The standard InChI is InChI=1S/C24H47NO2/c1-2-3-4-5-6-7-8-9-10-11-12-13-14-15-16-17-18-19-20-23(21-22-26)24(25)27/h9-10,23,26H,2-8,11-22H2,1H3,(H2,25,27)/b10-9-. The summed E-state index contributed by atoms with van der Waals surface area (Å²) in [5.74, 6) is -0.394. The van der Waals surface area contributed by atoms with E-state index < -0.39 is 0 Å². The average Bonchev–Trinajstić information content (AvgIpc) is 2.66. The molecule has 0 aliphatic heterocycles. The fraction of sp³-hybridized carbons (Fsp3) is 0.875. The lowest BCUT2D eigenvalue weighted by Crippen LogP contribution is -2.24. The summed E-state index contributed by atoms with van der Waals surface area (Å²) in [6.45, 7) is 2.33. The lowest BCUT2D eigenvalue weighted by Gasteiger charge is -2.11. The number of aliphatic hydroxyl groups excluding tert-OH is 1. The van der Waals surface area contributed by atoms with Crippen molar-refractivity contribution >= 4 is 5.91 Å². The van der Waals surface area contributed by atoms with E-state index in [1.807, 2.05) is 0 Å². The molecule has 0 aliphatic carbocycles. The minimum absolute atomic E-state index is 0.0574. The molecule has 0 aromatic heterocycles. The number of aliphatic hydroxyl groups is 1. The Bertz CT molecular complexity index is 341. The van der Waals surface area contributed by atoms with Gasteiger partial charge in [-0.1, -0.05) is 96.1 Å². The van der Waals surface area contributed by atoms with Crippen LogP contribution in [0.4, 0.5) is 0 Å². The van der Waals surface area contributed by atoms with Gasteiger partial charge in [0.15, 0.2) is 0 Å². The lowest BCUT2D eigenvalue weighted by atomic mass is 9.97. The molecular formula is C24H47NO2. The second kappa shape index (κ2) is 21.5. The van der Waals surface area contributed by atoms with Crippen LogP contribution in [0.1, 0.15) is 122 Å². The van der Waals surface area contributed by atoms with Crippen LogP contribution < -0.4 is 5.73 Å². The normalized spacial score (nSPS) is 12.7. The van der Waals surface area contributed by atoms with E-state index in [0.717, 1.165) is 12.8 Å². The minimum atomic E-state index is -0.259. The van der Waals surface area contributed by atoms with Crippen LogP contribution in [0.15, 0.2) is 12.2 Å². The smallest absolute Gasteiger partial charge is 0.220 e. The first-order valence-electron chi connectivity index (χ1n) is 11.8. The van der Waals surface area contributed by atoms with E-state index in [-0.39, 0.29) is 18.4 Å². The topological polar surface area (TPSA) is 63.3 Å². The highest BCUT2D eigenvalue weighted by Crippen LogP contribution is 2.16. The molecule has 0 aliphatic rings. The number of carbonyl (C=O) groups is 1. The number of hydrogen-bond acceptors (Lipinski definition) is 2. The second-order valence-corrected chi connectivity index (χ2v) is 8.05. The molecule has 1 unspecified atom stereocenters. The highest BCUT2D eigenvalue weighted by molar-refractivity contribution is 5.76. The summed E-state index contributed by atoms with van der Waals surface area (Å²) in [6.07, 6.45) is 27.1. The summed E-state index contributed by atoms with van der Waals surface area (Å²) in [6, 6.07) is 0. The van der Waals surface area contributed by atoms with Gasteiger partial charge in [-0.2, -0.15) is 0 Å². The Hall–Kier alpha value is -0.830. The summed E-state index contributed by atoms with van der Waals surface area (Å²) in [7, 11) is 0. The Morgan fingerprint density at radius 1 is 0.741 bits per heavy atom. The van der Waals surface area contributed by atoms with Crippen LogP contribution in [0.3, 0.4) is 0 Å². The van der Waals surface area contributed by atoms with Gasteiger partial charge < -0.3 is 10.8 Å². The molecule has 1 amide bonds. The van der Waals surface area contributed by atoms with Crippen LogP contribution >= 0.6 is 0 Å². The van der Waals surface area contributed by atoms with Crippen LogP contribution in [0.25, 0.3) is 0 Å². The maximum atomic E-state index is 11.2. The van der Waals surface area contributed by atoms with E-state index >= 15 is 0 Å². The van der Waals surface area contributed by atoms with Gasteiger partial charge in [-0.15, -0.1) is 0 Å². The highest BCUT2D eigenvalue weighted by Gasteiger charge is 2.13. The van der Waals surface area contributed by atoms with Gasteiger partial charge in [0.1, 0.15) is 0 Å². The molecule has 0 bridgehead atoms. The van der Waals surface area contributed by atoms with Crippen molar-refractivity contribution in [1.29, 1.82) is 0 Å². The van der Waals surface area contributed by atoms with Gasteiger partial charge in [0, 0.05) is 12.5 Å². The Labute approximate surface area is 169 Å². The third kappa shape index (κ3) is 19.7. The molecule has 0 heterocycles. The Kier molecular flexibility index (Phi) is 20.8. The largest absolute Gasteiger partial charge is 0.396 e. The first kappa shape index (κ1) is 26.2. The summed E-state index contributed by atoms with van der Waals surface area (Å²) in [5.41, 5.74) is 5.34. The number of allylic oxidation sites excluding steroid dienone is 2. The summed E-state index contributed by atoms with van der Waals surface area (Å²) in [5, 5.41) is 8.93. The number of hydrogen-bond donors (Lipinski definition) is 2. The molecule has 3 heteroatoms. The van der Waals surface area contributed by atoms with Crippen molar-refractivity contribution in [1.82, 2.24) is 0 Å². The molecule has 1 atom stereocenters. The van der Waals surface area contributed by atoms with E-state index in [1.165, 1.54) is 96.3 Å². The van der Waals surface area contributed by atoms with E-state index in [9.17, 15) is 4.79 Å².